The predicted octanol–water partition coefficient (Wildman–Crippen LogP) is 4.71. The molecule has 0 atom stereocenters. The van der Waals surface area contributed by atoms with Gasteiger partial charge in [0.2, 0.25) is 5.90 Å². The number of nitrogens with one attached hydrogen (secondary N) is 2. The van der Waals surface area contributed by atoms with Crippen molar-refractivity contribution in [1.82, 2.24) is 15.3 Å². The van der Waals surface area contributed by atoms with Gasteiger partial charge in [-0.15, -0.1) is 0 Å². The third-order valence-electron chi connectivity index (χ3n) is 4.75. The minimum absolute atomic E-state index is 0.0401. The highest BCUT2D eigenvalue weighted by Gasteiger charge is 2.24. The van der Waals surface area contributed by atoms with Gasteiger partial charge in [0.15, 0.2) is 5.88 Å². The Morgan fingerprint density at radius 2 is 2.04 bits per heavy atom. The Hall–Kier alpha value is -2.50. The number of ether oxygens (including phenoxy) is 1. The number of allylic oxidation sites excluding steroid dienone is 2. The highest BCUT2D eigenvalue weighted by Crippen LogP contribution is 2.31. The quantitative estimate of drug-likeness (QED) is 0.375. The largest absolute Gasteiger partial charge is 0.422 e. The SMILES string of the molecule is CC/C=C(\NC)OC(=N)/C(N=C(CCC)C1CCC1)=C(/C)c1cncnc1. The second kappa shape index (κ2) is 10.6. The molecule has 1 aromatic rings. The van der Waals surface area contributed by atoms with E-state index in [0.29, 0.717) is 17.5 Å². The summed E-state index contributed by atoms with van der Waals surface area (Å²) in [6.45, 7) is 6.14. The molecule has 0 aromatic carbocycles. The van der Waals surface area contributed by atoms with Crippen LogP contribution in [0.2, 0.25) is 0 Å². The summed E-state index contributed by atoms with van der Waals surface area (Å²) in [4.78, 5) is 13.2. The summed E-state index contributed by atoms with van der Waals surface area (Å²) in [6, 6.07) is 0. The van der Waals surface area contributed by atoms with Crippen molar-refractivity contribution in [3.8, 4) is 0 Å². The molecule has 0 radical (unpaired) electrons. The summed E-state index contributed by atoms with van der Waals surface area (Å²) < 4.78 is 5.78. The monoisotopic (exact) mass is 369 g/mol. The van der Waals surface area contributed by atoms with E-state index >= 15 is 0 Å². The van der Waals surface area contributed by atoms with Crippen molar-refractivity contribution in [3.63, 3.8) is 0 Å². The van der Waals surface area contributed by atoms with Crippen LogP contribution in [0, 0.1) is 11.3 Å². The lowest BCUT2D eigenvalue weighted by Gasteiger charge is -2.27. The van der Waals surface area contributed by atoms with Crippen molar-refractivity contribution < 1.29 is 4.74 Å². The van der Waals surface area contributed by atoms with Crippen LogP contribution in [0.3, 0.4) is 0 Å². The lowest BCUT2D eigenvalue weighted by Crippen LogP contribution is -2.23. The predicted molar refractivity (Wildman–Crippen MR) is 111 cm³/mol. The Labute approximate surface area is 162 Å². The fraction of sp³-hybridized carbons (Fsp3) is 0.524. The highest BCUT2D eigenvalue weighted by atomic mass is 16.5. The molecule has 2 N–H and O–H groups in total. The molecule has 0 saturated heterocycles. The van der Waals surface area contributed by atoms with E-state index < -0.39 is 0 Å². The molecule has 6 nitrogen and oxygen atoms in total. The number of aromatic nitrogens is 2. The fourth-order valence-corrected chi connectivity index (χ4v) is 2.97. The molecule has 2 rings (SSSR count). The van der Waals surface area contributed by atoms with Crippen LogP contribution in [-0.2, 0) is 4.74 Å². The number of hydrogen-bond donors (Lipinski definition) is 2. The van der Waals surface area contributed by atoms with E-state index in [4.69, 9.17) is 15.1 Å². The van der Waals surface area contributed by atoms with Gasteiger partial charge in [0.1, 0.15) is 12.0 Å². The van der Waals surface area contributed by atoms with Gasteiger partial charge in [-0.3, -0.25) is 10.4 Å². The van der Waals surface area contributed by atoms with Crippen LogP contribution in [0.5, 0.6) is 0 Å². The Balaban J connectivity index is 2.44. The minimum Gasteiger partial charge on any atom is -0.422 e. The van der Waals surface area contributed by atoms with Crippen LogP contribution in [0.15, 0.2) is 41.4 Å². The first-order valence-corrected chi connectivity index (χ1v) is 9.79. The third kappa shape index (κ3) is 5.74. The Morgan fingerprint density at radius 1 is 1.33 bits per heavy atom. The van der Waals surface area contributed by atoms with Gasteiger partial charge in [-0.25, -0.2) is 9.97 Å². The molecule has 1 saturated carbocycles. The van der Waals surface area contributed by atoms with Crippen molar-refractivity contribution in [1.29, 1.82) is 5.41 Å². The number of hydrogen-bond acceptors (Lipinski definition) is 6. The molecule has 1 aliphatic carbocycles. The number of rotatable bonds is 9. The standard InChI is InChI=1S/C21H31N5O/c1-5-8-18(16-10-7-11-16)26-20(15(3)17-12-24-14-25-13-17)21(22)27-19(23-4)9-6-2/h9,12-14,16,22-23H,5-8,10-11H2,1-4H3/b19-9+,20-15+,22-21?,26-18?. The van der Waals surface area contributed by atoms with E-state index in [0.717, 1.165) is 30.4 Å². The van der Waals surface area contributed by atoms with Gasteiger partial charge in [-0.05, 0) is 50.2 Å². The van der Waals surface area contributed by atoms with Gasteiger partial charge in [0.25, 0.3) is 0 Å². The first-order chi connectivity index (χ1) is 13.1. The molecule has 1 aromatic heterocycles. The molecule has 0 unspecified atom stereocenters. The van der Waals surface area contributed by atoms with Crippen molar-refractivity contribution in [2.24, 2.45) is 10.9 Å². The van der Waals surface area contributed by atoms with E-state index in [1.807, 2.05) is 19.9 Å². The van der Waals surface area contributed by atoms with E-state index in [-0.39, 0.29) is 5.90 Å². The minimum atomic E-state index is 0.0401. The van der Waals surface area contributed by atoms with Crippen molar-refractivity contribution in [2.45, 2.75) is 59.3 Å². The number of nitrogens with zero attached hydrogens (tertiary/aromatic N) is 3. The summed E-state index contributed by atoms with van der Waals surface area (Å²) in [5.74, 6) is 1.13. The Bertz CT molecular complexity index is 717. The summed E-state index contributed by atoms with van der Waals surface area (Å²) >= 11 is 0. The molecule has 6 heteroatoms. The molecule has 0 bridgehead atoms. The van der Waals surface area contributed by atoms with Crippen molar-refractivity contribution in [2.75, 3.05) is 7.05 Å². The molecule has 0 amide bonds. The molecular formula is C21H31N5O. The maximum Gasteiger partial charge on any atom is 0.240 e. The Kier molecular flexibility index (Phi) is 8.17. The van der Waals surface area contributed by atoms with Gasteiger partial charge in [-0.1, -0.05) is 26.7 Å². The first kappa shape index (κ1) is 20.8. The zero-order valence-corrected chi connectivity index (χ0v) is 16.9. The summed E-state index contributed by atoms with van der Waals surface area (Å²) in [7, 11) is 1.79. The highest BCUT2D eigenvalue weighted by molar-refractivity contribution is 6.02. The lowest BCUT2D eigenvalue weighted by molar-refractivity contribution is 0.375. The van der Waals surface area contributed by atoms with E-state index in [2.05, 4.69) is 22.2 Å². The maximum absolute atomic E-state index is 8.57. The first-order valence-electron chi connectivity index (χ1n) is 9.79. The smallest absolute Gasteiger partial charge is 0.240 e. The second-order valence-corrected chi connectivity index (χ2v) is 6.74. The van der Waals surface area contributed by atoms with Crippen molar-refractivity contribution >= 4 is 17.2 Å². The van der Waals surface area contributed by atoms with Crippen LogP contribution in [-0.4, -0.2) is 28.6 Å². The van der Waals surface area contributed by atoms with Crippen LogP contribution in [0.1, 0.15) is 64.9 Å². The van der Waals surface area contributed by atoms with Gasteiger partial charge in [0, 0.05) is 30.7 Å². The van der Waals surface area contributed by atoms with Crippen LogP contribution in [0.4, 0.5) is 0 Å². The summed E-state index contributed by atoms with van der Waals surface area (Å²) in [5, 5.41) is 11.6. The fourth-order valence-electron chi connectivity index (χ4n) is 2.97. The van der Waals surface area contributed by atoms with Gasteiger partial charge < -0.3 is 10.1 Å². The molecule has 1 aliphatic rings. The maximum atomic E-state index is 8.57. The molecule has 1 fully saturated rings. The van der Waals surface area contributed by atoms with Crippen LogP contribution in [0.25, 0.3) is 5.57 Å². The molecule has 0 aliphatic heterocycles. The summed E-state index contributed by atoms with van der Waals surface area (Å²) in [5.41, 5.74) is 3.42. The zero-order chi connectivity index (χ0) is 19.6. The average molecular weight is 370 g/mol. The van der Waals surface area contributed by atoms with E-state index in [1.54, 1.807) is 19.4 Å². The third-order valence-corrected chi connectivity index (χ3v) is 4.75. The topological polar surface area (TPSA) is 83.2 Å². The molecular weight excluding hydrogens is 338 g/mol. The second-order valence-electron chi connectivity index (χ2n) is 6.74. The van der Waals surface area contributed by atoms with E-state index in [1.165, 1.54) is 31.3 Å². The van der Waals surface area contributed by atoms with Crippen LogP contribution >= 0.6 is 0 Å². The number of aliphatic imine (C=N–C) groups is 1. The lowest BCUT2D eigenvalue weighted by atomic mass is 9.80. The van der Waals surface area contributed by atoms with Gasteiger partial charge >= 0.3 is 0 Å². The van der Waals surface area contributed by atoms with E-state index in [9.17, 15) is 0 Å². The zero-order valence-electron chi connectivity index (χ0n) is 16.9. The van der Waals surface area contributed by atoms with Crippen molar-refractivity contribution in [3.05, 3.63) is 41.9 Å². The summed E-state index contributed by atoms with van der Waals surface area (Å²) in [6.07, 6.45) is 13.3. The molecule has 27 heavy (non-hydrogen) atoms. The average Bonchev–Trinajstić information content (AvgIpc) is 2.64. The Morgan fingerprint density at radius 3 is 2.56 bits per heavy atom. The molecule has 1 heterocycles. The molecule has 0 spiro atoms. The van der Waals surface area contributed by atoms with Gasteiger partial charge in [-0.2, -0.15) is 0 Å². The van der Waals surface area contributed by atoms with Gasteiger partial charge in [0.05, 0.1) is 0 Å². The van der Waals surface area contributed by atoms with Crippen LogP contribution < -0.4 is 5.32 Å². The normalized spacial score (nSPS) is 16.4. The molecule has 146 valence electrons.